The monoisotopic (exact) mass is 485 g/mol. The van der Waals surface area contributed by atoms with Crippen LogP contribution >= 0.6 is 0 Å². The number of anilines is 1. The van der Waals surface area contributed by atoms with Crippen molar-refractivity contribution in [1.29, 1.82) is 0 Å². The number of amides is 1. The van der Waals surface area contributed by atoms with Crippen molar-refractivity contribution in [2.24, 2.45) is 0 Å². The van der Waals surface area contributed by atoms with Crippen LogP contribution in [0.5, 0.6) is 11.5 Å². The molecule has 0 fully saturated rings. The summed E-state index contributed by atoms with van der Waals surface area (Å²) in [5.74, 6) is 1.36. The van der Waals surface area contributed by atoms with Crippen LogP contribution < -0.4 is 20.3 Å². The van der Waals surface area contributed by atoms with Crippen LogP contribution in [0.25, 0.3) is 22.7 Å². The van der Waals surface area contributed by atoms with Gasteiger partial charge >= 0.3 is 0 Å². The fourth-order valence-electron chi connectivity index (χ4n) is 3.88. The number of aromatic amines is 1. The van der Waals surface area contributed by atoms with Gasteiger partial charge in [-0.3, -0.25) is 14.6 Å². The zero-order valence-electron chi connectivity index (χ0n) is 19.8. The van der Waals surface area contributed by atoms with E-state index in [0.717, 1.165) is 11.3 Å². The van der Waals surface area contributed by atoms with E-state index in [0.29, 0.717) is 34.0 Å². The van der Waals surface area contributed by atoms with E-state index in [9.17, 15) is 9.59 Å². The first-order chi connectivity index (χ1) is 17.5. The molecule has 1 amide bonds. The van der Waals surface area contributed by atoms with Crippen molar-refractivity contribution in [1.82, 2.24) is 29.5 Å². The summed E-state index contributed by atoms with van der Waals surface area (Å²) in [6.07, 6.45) is 1.56. The molecule has 11 nitrogen and oxygen atoms in total. The number of para-hydroxylation sites is 1. The maximum atomic E-state index is 12.9. The molecule has 0 bridgehead atoms. The van der Waals surface area contributed by atoms with Crippen LogP contribution in [0.1, 0.15) is 11.3 Å². The van der Waals surface area contributed by atoms with Crippen LogP contribution in [0.15, 0.2) is 65.6 Å². The second kappa shape index (κ2) is 9.37. The molecule has 0 spiro atoms. The van der Waals surface area contributed by atoms with E-state index in [4.69, 9.17) is 9.47 Å². The Hall–Kier alpha value is -4.93. The van der Waals surface area contributed by atoms with Gasteiger partial charge in [-0.05, 0) is 36.8 Å². The lowest BCUT2D eigenvalue weighted by Gasteiger charge is -2.11. The SMILES string of the molecule is COc1ccc(CC(=O)Nc2cc(C)nn2-c2nc3c(cnn3-c3ccccc3)c(=O)[nH]2)cc1OC. The number of nitrogens with zero attached hydrogens (tertiary/aromatic N) is 5. The third-order valence-corrected chi connectivity index (χ3v) is 5.54. The number of aromatic nitrogens is 6. The summed E-state index contributed by atoms with van der Waals surface area (Å²) >= 11 is 0. The molecule has 0 aliphatic heterocycles. The number of hydrogen-bond acceptors (Lipinski definition) is 7. The molecule has 5 aromatic rings. The Morgan fingerprint density at radius 1 is 1.03 bits per heavy atom. The Morgan fingerprint density at radius 3 is 2.56 bits per heavy atom. The van der Waals surface area contributed by atoms with Crippen LogP contribution in [0.3, 0.4) is 0 Å². The lowest BCUT2D eigenvalue weighted by molar-refractivity contribution is -0.115. The largest absolute Gasteiger partial charge is 0.493 e. The molecule has 0 atom stereocenters. The van der Waals surface area contributed by atoms with Gasteiger partial charge in [0.1, 0.15) is 11.2 Å². The number of nitrogens with one attached hydrogen (secondary N) is 2. The first-order valence-electron chi connectivity index (χ1n) is 11.1. The average molecular weight is 486 g/mol. The number of hydrogen-bond donors (Lipinski definition) is 2. The maximum absolute atomic E-state index is 12.9. The van der Waals surface area contributed by atoms with Gasteiger partial charge in [-0.15, -0.1) is 0 Å². The Kier molecular flexibility index (Phi) is 5.95. The van der Waals surface area contributed by atoms with Gasteiger partial charge in [-0.2, -0.15) is 19.9 Å². The fourth-order valence-corrected chi connectivity index (χ4v) is 3.88. The van der Waals surface area contributed by atoms with Crippen LogP contribution in [0.2, 0.25) is 0 Å². The number of carbonyl (C=O) groups excluding carboxylic acids is 1. The van der Waals surface area contributed by atoms with Gasteiger partial charge in [-0.25, -0.2) is 4.68 Å². The maximum Gasteiger partial charge on any atom is 0.263 e. The van der Waals surface area contributed by atoms with Crippen molar-refractivity contribution < 1.29 is 14.3 Å². The van der Waals surface area contributed by atoms with Gasteiger partial charge in [0, 0.05) is 6.07 Å². The summed E-state index contributed by atoms with van der Waals surface area (Å²) in [4.78, 5) is 33.0. The van der Waals surface area contributed by atoms with Gasteiger partial charge in [0.05, 0.1) is 38.2 Å². The second-order valence-corrected chi connectivity index (χ2v) is 8.02. The Balaban J connectivity index is 1.47. The van der Waals surface area contributed by atoms with Crippen molar-refractivity contribution in [2.75, 3.05) is 19.5 Å². The van der Waals surface area contributed by atoms with E-state index in [2.05, 4.69) is 25.5 Å². The molecule has 3 aromatic heterocycles. The number of aryl methyl sites for hydroxylation is 1. The van der Waals surface area contributed by atoms with Crippen molar-refractivity contribution in [3.8, 4) is 23.1 Å². The minimum absolute atomic E-state index is 0.0916. The average Bonchev–Trinajstić information content (AvgIpc) is 3.47. The van der Waals surface area contributed by atoms with Crippen molar-refractivity contribution in [3.63, 3.8) is 0 Å². The molecule has 182 valence electrons. The smallest absolute Gasteiger partial charge is 0.263 e. The molecular weight excluding hydrogens is 462 g/mol. The predicted molar refractivity (Wildman–Crippen MR) is 133 cm³/mol. The topological polar surface area (TPSA) is 129 Å². The first kappa shape index (κ1) is 22.8. The quantitative estimate of drug-likeness (QED) is 0.363. The van der Waals surface area contributed by atoms with Gasteiger partial charge in [-0.1, -0.05) is 24.3 Å². The third-order valence-electron chi connectivity index (χ3n) is 5.54. The number of rotatable bonds is 7. The molecule has 36 heavy (non-hydrogen) atoms. The number of fused-ring (bicyclic) bond motifs is 1. The number of H-pyrrole nitrogens is 1. The standard InChI is InChI=1S/C25H23N7O4/c1-15-11-21(27-22(33)13-16-9-10-19(35-2)20(12-16)36-3)32(30-15)25-28-23-18(24(34)29-25)14-26-31(23)17-7-5-4-6-8-17/h4-12,14H,13H2,1-3H3,(H,27,33)(H,28,29,34). The van der Waals surface area contributed by atoms with Gasteiger partial charge in [0.15, 0.2) is 17.1 Å². The zero-order chi connectivity index (χ0) is 25.2. The summed E-state index contributed by atoms with van der Waals surface area (Å²) in [5.41, 5.74) is 2.14. The summed E-state index contributed by atoms with van der Waals surface area (Å²) in [6, 6.07) is 16.4. The summed E-state index contributed by atoms with van der Waals surface area (Å²) < 4.78 is 13.5. The molecule has 0 saturated heterocycles. The number of benzene rings is 2. The minimum Gasteiger partial charge on any atom is -0.493 e. The van der Waals surface area contributed by atoms with E-state index in [-0.39, 0.29) is 23.8 Å². The normalized spacial score (nSPS) is 11.0. The van der Waals surface area contributed by atoms with Crippen LogP contribution in [0.4, 0.5) is 5.82 Å². The first-order valence-corrected chi connectivity index (χ1v) is 11.1. The molecule has 0 aliphatic rings. The number of ether oxygens (including phenoxy) is 2. The fraction of sp³-hybridized carbons (Fsp3) is 0.160. The lowest BCUT2D eigenvalue weighted by Crippen LogP contribution is -2.20. The van der Waals surface area contributed by atoms with Crippen molar-refractivity contribution in [3.05, 3.63) is 82.4 Å². The predicted octanol–water partition coefficient (Wildman–Crippen LogP) is 2.80. The van der Waals surface area contributed by atoms with Crippen LogP contribution in [-0.2, 0) is 11.2 Å². The molecule has 2 aromatic carbocycles. The van der Waals surface area contributed by atoms with Gasteiger partial charge in [0.25, 0.3) is 5.56 Å². The van der Waals surface area contributed by atoms with E-state index < -0.39 is 0 Å². The Bertz CT molecular complexity index is 1620. The molecule has 0 unspecified atom stereocenters. The molecule has 5 rings (SSSR count). The Morgan fingerprint density at radius 2 is 1.81 bits per heavy atom. The summed E-state index contributed by atoms with van der Waals surface area (Å²) in [5, 5.41) is 12.0. The van der Waals surface area contributed by atoms with Crippen LogP contribution in [-0.4, -0.2) is 49.7 Å². The van der Waals surface area contributed by atoms with Crippen molar-refractivity contribution >= 4 is 22.8 Å². The molecule has 11 heteroatoms. The van der Waals surface area contributed by atoms with Crippen LogP contribution in [0, 0.1) is 6.92 Å². The highest BCUT2D eigenvalue weighted by atomic mass is 16.5. The minimum atomic E-state index is -0.368. The summed E-state index contributed by atoms with van der Waals surface area (Å²) in [7, 11) is 3.09. The van der Waals surface area contributed by atoms with Gasteiger partial charge in [0.2, 0.25) is 11.9 Å². The van der Waals surface area contributed by atoms with Crippen molar-refractivity contribution in [2.45, 2.75) is 13.3 Å². The van der Waals surface area contributed by atoms with Gasteiger partial charge < -0.3 is 14.8 Å². The van der Waals surface area contributed by atoms with E-state index in [1.165, 1.54) is 18.0 Å². The summed E-state index contributed by atoms with van der Waals surface area (Å²) in [6.45, 7) is 1.78. The highest BCUT2D eigenvalue weighted by molar-refractivity contribution is 5.92. The highest BCUT2D eigenvalue weighted by Crippen LogP contribution is 2.28. The zero-order valence-corrected chi connectivity index (χ0v) is 19.8. The lowest BCUT2D eigenvalue weighted by atomic mass is 10.1. The Labute approximate surface area is 205 Å². The molecule has 0 radical (unpaired) electrons. The van der Waals surface area contributed by atoms with E-state index in [1.54, 1.807) is 43.0 Å². The second-order valence-electron chi connectivity index (χ2n) is 8.02. The molecular formula is C25H23N7O4. The third kappa shape index (κ3) is 4.29. The number of methoxy groups -OCH3 is 2. The molecule has 0 aliphatic carbocycles. The molecule has 2 N–H and O–H groups in total. The highest BCUT2D eigenvalue weighted by Gasteiger charge is 2.17. The van der Waals surface area contributed by atoms with E-state index in [1.807, 2.05) is 30.3 Å². The molecule has 3 heterocycles. The molecule has 0 saturated carbocycles. The van der Waals surface area contributed by atoms with E-state index >= 15 is 0 Å². The number of carbonyl (C=O) groups is 1.